The molecule has 0 saturated heterocycles. The van der Waals surface area contributed by atoms with Gasteiger partial charge in [-0.1, -0.05) is 78.9 Å². The Kier molecular flexibility index (Phi) is 6.10. The van der Waals surface area contributed by atoms with Gasteiger partial charge in [0.2, 0.25) is 5.88 Å². The highest BCUT2D eigenvalue weighted by atomic mass is 16.3. The van der Waals surface area contributed by atoms with Crippen LogP contribution in [0.1, 0.15) is 5.56 Å². The number of imidazole rings is 1. The second kappa shape index (κ2) is 10.2. The molecule has 196 valence electrons. The molecule has 0 radical (unpaired) electrons. The van der Waals surface area contributed by atoms with Crippen LogP contribution in [-0.4, -0.2) is 24.6 Å². The number of para-hydroxylation sites is 2. The topological polar surface area (TPSA) is 63.8 Å². The maximum absolute atomic E-state index is 10.7. The first kappa shape index (κ1) is 24.5. The molecule has 0 spiro atoms. The smallest absolute Gasteiger partial charge is 0.222 e. The van der Waals surface area contributed by atoms with Crippen molar-refractivity contribution in [2.24, 2.45) is 0 Å². The number of pyridine rings is 2. The van der Waals surface area contributed by atoms with Gasteiger partial charge in [0.1, 0.15) is 0 Å². The third kappa shape index (κ3) is 4.43. The number of hydrogen-bond acceptors (Lipinski definition) is 4. The summed E-state index contributed by atoms with van der Waals surface area (Å²) in [5.74, 6) is 0.580. The van der Waals surface area contributed by atoms with Gasteiger partial charge in [0, 0.05) is 29.2 Å². The lowest BCUT2D eigenvalue weighted by molar-refractivity contribution is 0.455. The first-order valence-electron chi connectivity index (χ1n) is 13.5. The highest BCUT2D eigenvalue weighted by Gasteiger charge is 2.20. The molecule has 0 amide bonds. The number of hydrogen-bond donors (Lipinski definition) is 1. The van der Waals surface area contributed by atoms with Crippen LogP contribution in [0.25, 0.3) is 61.6 Å². The Morgan fingerprint density at radius 1 is 0.610 bits per heavy atom. The van der Waals surface area contributed by atoms with Crippen LogP contribution in [0.15, 0.2) is 134 Å². The van der Waals surface area contributed by atoms with Crippen molar-refractivity contribution in [2.75, 3.05) is 0 Å². The lowest BCUT2D eigenvalue weighted by Crippen LogP contribution is -1.97. The van der Waals surface area contributed by atoms with E-state index in [-0.39, 0.29) is 5.88 Å². The minimum atomic E-state index is -0.0526. The molecule has 3 aromatic heterocycles. The highest BCUT2D eigenvalue weighted by molar-refractivity contribution is 5.96. The van der Waals surface area contributed by atoms with Crippen molar-refractivity contribution in [2.45, 2.75) is 6.92 Å². The van der Waals surface area contributed by atoms with Crippen molar-refractivity contribution < 1.29 is 5.11 Å². The summed E-state index contributed by atoms with van der Waals surface area (Å²) in [6.07, 6.45) is 3.52. The SMILES string of the molecule is Cc1cnc(-c2cccc(-c3cccc4c3nc(-c3cccnc3O)n4-c3ccccc3)c2)cc1-c1ccccc1. The molecular weight excluding hydrogens is 504 g/mol. The van der Waals surface area contributed by atoms with Crippen molar-refractivity contribution >= 4 is 11.0 Å². The van der Waals surface area contributed by atoms with Gasteiger partial charge >= 0.3 is 0 Å². The van der Waals surface area contributed by atoms with Crippen LogP contribution < -0.4 is 0 Å². The fraction of sp³-hybridized carbons (Fsp3) is 0.0278. The zero-order chi connectivity index (χ0) is 27.8. The molecular formula is C36H26N4O. The number of benzene rings is 4. The molecule has 0 unspecified atom stereocenters. The number of aromatic nitrogens is 4. The van der Waals surface area contributed by atoms with Crippen LogP contribution in [0, 0.1) is 6.92 Å². The van der Waals surface area contributed by atoms with E-state index in [1.165, 1.54) is 11.1 Å². The average Bonchev–Trinajstić information content (AvgIpc) is 3.42. The number of rotatable bonds is 5. The zero-order valence-corrected chi connectivity index (χ0v) is 22.4. The predicted molar refractivity (Wildman–Crippen MR) is 165 cm³/mol. The van der Waals surface area contributed by atoms with Crippen LogP contribution in [0.4, 0.5) is 0 Å². The second-order valence-corrected chi connectivity index (χ2v) is 9.99. The van der Waals surface area contributed by atoms with Crippen molar-refractivity contribution in [1.29, 1.82) is 0 Å². The molecule has 0 aliphatic heterocycles. The summed E-state index contributed by atoms with van der Waals surface area (Å²) in [5, 5.41) is 10.7. The van der Waals surface area contributed by atoms with Crippen molar-refractivity contribution in [1.82, 2.24) is 19.5 Å². The summed E-state index contributed by atoms with van der Waals surface area (Å²) in [4.78, 5) is 14.0. The largest absolute Gasteiger partial charge is 0.493 e. The zero-order valence-electron chi connectivity index (χ0n) is 22.4. The average molecular weight is 531 g/mol. The van der Waals surface area contributed by atoms with E-state index in [4.69, 9.17) is 9.97 Å². The minimum absolute atomic E-state index is 0.0526. The van der Waals surface area contributed by atoms with Crippen LogP contribution in [0.5, 0.6) is 5.88 Å². The van der Waals surface area contributed by atoms with E-state index in [1.807, 2.05) is 54.7 Å². The maximum atomic E-state index is 10.7. The van der Waals surface area contributed by atoms with Gasteiger partial charge in [-0.15, -0.1) is 0 Å². The quantitative estimate of drug-likeness (QED) is 0.242. The Morgan fingerprint density at radius 2 is 1.32 bits per heavy atom. The van der Waals surface area contributed by atoms with E-state index >= 15 is 0 Å². The highest BCUT2D eigenvalue weighted by Crippen LogP contribution is 2.37. The lowest BCUT2D eigenvalue weighted by Gasteiger charge is -2.11. The summed E-state index contributed by atoms with van der Waals surface area (Å²) in [5.41, 5.74) is 10.8. The van der Waals surface area contributed by atoms with Crippen molar-refractivity contribution in [3.63, 3.8) is 0 Å². The van der Waals surface area contributed by atoms with Gasteiger partial charge < -0.3 is 5.11 Å². The van der Waals surface area contributed by atoms with Crippen molar-refractivity contribution in [3.8, 4) is 56.5 Å². The molecule has 0 atom stereocenters. The Bertz CT molecular complexity index is 2010. The Morgan fingerprint density at radius 3 is 2.12 bits per heavy atom. The number of aromatic hydroxyl groups is 1. The molecule has 5 nitrogen and oxygen atoms in total. The molecule has 0 aliphatic rings. The van der Waals surface area contributed by atoms with Crippen LogP contribution >= 0.6 is 0 Å². The maximum Gasteiger partial charge on any atom is 0.222 e. The second-order valence-electron chi connectivity index (χ2n) is 9.99. The standard InChI is InChI=1S/C36H26N4O/c1-24-23-38-32(22-31(24)25-11-4-2-5-12-25)27-14-8-13-26(21-27)29-17-9-19-33-34(29)39-35(30-18-10-20-37-36(30)41)40(33)28-15-6-3-7-16-28/h2-23H,1H3,(H,37,41). The fourth-order valence-corrected chi connectivity index (χ4v) is 5.38. The van der Waals surface area contributed by atoms with Gasteiger partial charge in [-0.2, -0.15) is 0 Å². The molecule has 4 aromatic carbocycles. The third-order valence-corrected chi connectivity index (χ3v) is 7.38. The van der Waals surface area contributed by atoms with Gasteiger partial charge in [0.05, 0.1) is 22.3 Å². The summed E-state index contributed by atoms with van der Waals surface area (Å²) >= 11 is 0. The monoisotopic (exact) mass is 530 g/mol. The first-order valence-corrected chi connectivity index (χ1v) is 13.5. The molecule has 7 aromatic rings. The van der Waals surface area contributed by atoms with E-state index in [1.54, 1.807) is 6.20 Å². The van der Waals surface area contributed by atoms with E-state index in [2.05, 4.69) is 89.3 Å². The predicted octanol–water partition coefficient (Wildman–Crippen LogP) is 8.50. The molecule has 1 N–H and O–H groups in total. The Labute approximate surface area is 238 Å². The summed E-state index contributed by atoms with van der Waals surface area (Å²) in [6.45, 7) is 2.09. The van der Waals surface area contributed by atoms with Gasteiger partial charge in [0.15, 0.2) is 5.82 Å². The van der Waals surface area contributed by atoms with Crippen LogP contribution in [-0.2, 0) is 0 Å². The Hall–Kier alpha value is -5.55. The van der Waals surface area contributed by atoms with E-state index < -0.39 is 0 Å². The van der Waals surface area contributed by atoms with E-state index in [0.717, 1.165) is 44.7 Å². The van der Waals surface area contributed by atoms with Gasteiger partial charge in [-0.25, -0.2) is 9.97 Å². The van der Waals surface area contributed by atoms with Crippen LogP contribution in [0.3, 0.4) is 0 Å². The number of aryl methyl sites for hydroxylation is 1. The summed E-state index contributed by atoms with van der Waals surface area (Å²) in [7, 11) is 0. The summed E-state index contributed by atoms with van der Waals surface area (Å²) in [6, 6.07) is 40.9. The third-order valence-electron chi connectivity index (χ3n) is 7.38. The fourth-order valence-electron chi connectivity index (χ4n) is 5.38. The molecule has 0 aliphatic carbocycles. The number of fused-ring (bicyclic) bond motifs is 1. The van der Waals surface area contributed by atoms with Gasteiger partial charge in [-0.3, -0.25) is 9.55 Å². The molecule has 0 fully saturated rings. The molecule has 3 heterocycles. The van der Waals surface area contributed by atoms with Gasteiger partial charge in [-0.05, 0) is 71.6 Å². The lowest BCUT2D eigenvalue weighted by atomic mass is 9.97. The summed E-state index contributed by atoms with van der Waals surface area (Å²) < 4.78 is 2.08. The Balaban J connectivity index is 1.40. The molecule has 7 rings (SSSR count). The molecule has 0 saturated carbocycles. The van der Waals surface area contributed by atoms with E-state index in [0.29, 0.717) is 11.4 Å². The van der Waals surface area contributed by atoms with E-state index in [9.17, 15) is 5.11 Å². The van der Waals surface area contributed by atoms with Crippen LogP contribution in [0.2, 0.25) is 0 Å². The van der Waals surface area contributed by atoms with Crippen molar-refractivity contribution in [3.05, 3.63) is 139 Å². The molecule has 41 heavy (non-hydrogen) atoms. The normalized spacial score (nSPS) is 11.1. The van der Waals surface area contributed by atoms with Gasteiger partial charge in [0.25, 0.3) is 0 Å². The number of nitrogens with zero attached hydrogens (tertiary/aromatic N) is 4. The minimum Gasteiger partial charge on any atom is -0.493 e. The molecule has 0 bridgehead atoms. The molecule has 5 heteroatoms. The first-order chi connectivity index (χ1) is 20.2.